The minimum Gasteiger partial charge on any atom is -0.484 e. The van der Waals surface area contributed by atoms with E-state index in [2.05, 4.69) is 15.6 Å². The molecule has 29 heavy (non-hydrogen) atoms. The van der Waals surface area contributed by atoms with Crippen molar-refractivity contribution in [2.75, 3.05) is 39.5 Å². The molecule has 164 valence electrons. The fraction of sp³-hybridized carbons (Fsp3) is 0.650. The van der Waals surface area contributed by atoms with Crippen LogP contribution < -0.4 is 15.4 Å². The molecule has 0 unspecified atom stereocenters. The lowest BCUT2D eigenvalue weighted by Crippen LogP contribution is -2.38. The molecule has 0 atom stereocenters. The normalized spacial score (nSPS) is 15.9. The average molecular weight is 417 g/mol. The summed E-state index contributed by atoms with van der Waals surface area (Å²) in [5, 5.41) is 6.43. The summed E-state index contributed by atoms with van der Waals surface area (Å²) in [5.74, 6) is 0.876. The molecule has 1 aliphatic rings. The van der Waals surface area contributed by atoms with E-state index in [9.17, 15) is 13.2 Å². The Morgan fingerprint density at radius 1 is 1.17 bits per heavy atom. The summed E-state index contributed by atoms with van der Waals surface area (Å²) in [7, 11) is 0. The summed E-state index contributed by atoms with van der Waals surface area (Å²) in [6.45, 7) is 4.80. The van der Waals surface area contributed by atoms with Gasteiger partial charge >= 0.3 is 6.18 Å². The highest BCUT2D eigenvalue weighted by atomic mass is 19.4. The van der Waals surface area contributed by atoms with Crippen LogP contribution in [-0.4, -0.2) is 57.8 Å². The second-order valence-electron chi connectivity index (χ2n) is 6.71. The maximum absolute atomic E-state index is 12.2. The van der Waals surface area contributed by atoms with Crippen LogP contribution in [0.25, 0.3) is 0 Å². The minimum atomic E-state index is -4.34. The Morgan fingerprint density at radius 2 is 1.90 bits per heavy atom. The SMILES string of the molecule is CCNC(=NCc1ccc(OCC(F)(F)F)cc1)NCCCOC1CCOCC1. The topological polar surface area (TPSA) is 64.1 Å². The Morgan fingerprint density at radius 3 is 2.55 bits per heavy atom. The van der Waals surface area contributed by atoms with Crippen LogP contribution in [0.15, 0.2) is 29.3 Å². The number of aliphatic imine (C=N–C) groups is 1. The van der Waals surface area contributed by atoms with E-state index in [1.807, 2.05) is 6.92 Å². The van der Waals surface area contributed by atoms with E-state index >= 15 is 0 Å². The lowest BCUT2D eigenvalue weighted by Gasteiger charge is -2.22. The molecule has 0 radical (unpaired) electrons. The Hall–Kier alpha value is -2.00. The van der Waals surface area contributed by atoms with Crippen LogP contribution in [-0.2, 0) is 16.0 Å². The van der Waals surface area contributed by atoms with Gasteiger partial charge in [0.05, 0.1) is 12.6 Å². The Labute approximate surface area is 169 Å². The van der Waals surface area contributed by atoms with Crippen LogP contribution in [0, 0.1) is 0 Å². The lowest BCUT2D eigenvalue weighted by molar-refractivity contribution is -0.153. The molecular weight excluding hydrogens is 387 g/mol. The van der Waals surface area contributed by atoms with E-state index in [-0.39, 0.29) is 5.75 Å². The van der Waals surface area contributed by atoms with Crippen molar-refractivity contribution >= 4 is 5.96 Å². The molecule has 0 aromatic heterocycles. The average Bonchev–Trinajstić information content (AvgIpc) is 2.71. The van der Waals surface area contributed by atoms with Crippen molar-refractivity contribution in [2.24, 2.45) is 4.99 Å². The summed E-state index contributed by atoms with van der Waals surface area (Å²) in [4.78, 5) is 4.50. The number of ether oxygens (including phenoxy) is 3. The van der Waals surface area contributed by atoms with Crippen LogP contribution in [0.2, 0.25) is 0 Å². The van der Waals surface area contributed by atoms with Gasteiger partial charge in [-0.25, -0.2) is 4.99 Å². The van der Waals surface area contributed by atoms with Gasteiger partial charge in [-0.2, -0.15) is 13.2 Å². The zero-order valence-corrected chi connectivity index (χ0v) is 16.8. The predicted molar refractivity (Wildman–Crippen MR) is 105 cm³/mol. The Balaban J connectivity index is 1.70. The van der Waals surface area contributed by atoms with Gasteiger partial charge in [-0.05, 0) is 43.9 Å². The highest BCUT2D eigenvalue weighted by molar-refractivity contribution is 5.79. The molecule has 1 aliphatic heterocycles. The van der Waals surface area contributed by atoms with Crippen LogP contribution in [0.1, 0.15) is 31.7 Å². The summed E-state index contributed by atoms with van der Waals surface area (Å²) in [5.41, 5.74) is 0.879. The molecule has 2 rings (SSSR count). The largest absolute Gasteiger partial charge is 0.484 e. The summed E-state index contributed by atoms with van der Waals surface area (Å²) >= 11 is 0. The maximum Gasteiger partial charge on any atom is 0.422 e. The molecule has 9 heteroatoms. The van der Waals surface area contributed by atoms with Crippen molar-refractivity contribution in [2.45, 2.75) is 45.0 Å². The van der Waals surface area contributed by atoms with Crippen LogP contribution in [0.5, 0.6) is 5.75 Å². The first-order valence-electron chi connectivity index (χ1n) is 9.96. The van der Waals surface area contributed by atoms with E-state index in [0.29, 0.717) is 25.2 Å². The van der Waals surface area contributed by atoms with Crippen molar-refractivity contribution in [3.05, 3.63) is 29.8 Å². The van der Waals surface area contributed by atoms with Gasteiger partial charge in [0, 0.05) is 32.9 Å². The fourth-order valence-corrected chi connectivity index (χ4v) is 2.74. The highest BCUT2D eigenvalue weighted by Gasteiger charge is 2.28. The van der Waals surface area contributed by atoms with Crippen molar-refractivity contribution in [3.8, 4) is 5.75 Å². The molecule has 0 aliphatic carbocycles. The molecule has 6 nitrogen and oxygen atoms in total. The van der Waals surface area contributed by atoms with Crippen LogP contribution in [0.4, 0.5) is 13.2 Å². The second-order valence-corrected chi connectivity index (χ2v) is 6.71. The van der Waals surface area contributed by atoms with E-state index in [1.54, 1.807) is 12.1 Å². The molecule has 2 N–H and O–H groups in total. The molecule has 1 fully saturated rings. The summed E-state index contributed by atoms with van der Waals surface area (Å²) in [6.07, 6.45) is -1.26. The Kier molecular flexibility index (Phi) is 10.1. The number of benzene rings is 1. The predicted octanol–water partition coefficient (Wildman–Crippen LogP) is 3.27. The van der Waals surface area contributed by atoms with Crippen molar-refractivity contribution in [3.63, 3.8) is 0 Å². The first-order valence-corrected chi connectivity index (χ1v) is 9.96. The minimum absolute atomic E-state index is 0.185. The number of alkyl halides is 3. The number of hydrogen-bond acceptors (Lipinski definition) is 4. The van der Waals surface area contributed by atoms with Crippen molar-refractivity contribution in [1.82, 2.24) is 10.6 Å². The number of hydrogen-bond donors (Lipinski definition) is 2. The highest BCUT2D eigenvalue weighted by Crippen LogP contribution is 2.19. The molecule has 0 amide bonds. The molecule has 0 saturated carbocycles. The molecule has 0 bridgehead atoms. The Bertz CT molecular complexity index is 603. The van der Waals surface area contributed by atoms with E-state index in [0.717, 1.165) is 51.1 Å². The van der Waals surface area contributed by atoms with Gasteiger partial charge in [0.15, 0.2) is 12.6 Å². The summed E-state index contributed by atoms with van der Waals surface area (Å²) < 4.78 is 52.4. The number of halogens is 3. The van der Waals surface area contributed by atoms with Gasteiger partial charge in [-0.3, -0.25) is 0 Å². The molecule has 1 heterocycles. The number of guanidine groups is 1. The van der Waals surface area contributed by atoms with Gasteiger partial charge in [-0.1, -0.05) is 12.1 Å². The van der Waals surface area contributed by atoms with E-state index in [1.165, 1.54) is 12.1 Å². The molecule has 1 saturated heterocycles. The third kappa shape index (κ3) is 10.4. The monoisotopic (exact) mass is 417 g/mol. The maximum atomic E-state index is 12.2. The standard InChI is InChI=1S/C20H30F3N3O3/c1-2-24-19(25-10-3-11-28-18-8-12-27-13-9-18)26-14-16-4-6-17(7-5-16)29-15-20(21,22)23/h4-7,18H,2-3,8-15H2,1H3,(H2,24,25,26). The third-order valence-electron chi connectivity index (χ3n) is 4.23. The number of rotatable bonds is 10. The first kappa shape index (κ1) is 23.3. The molecule has 1 aromatic rings. The first-order chi connectivity index (χ1) is 14.0. The fourth-order valence-electron chi connectivity index (χ4n) is 2.74. The zero-order valence-electron chi connectivity index (χ0n) is 16.8. The van der Waals surface area contributed by atoms with Crippen LogP contribution in [0.3, 0.4) is 0 Å². The van der Waals surface area contributed by atoms with Gasteiger partial charge in [-0.15, -0.1) is 0 Å². The lowest BCUT2D eigenvalue weighted by atomic mass is 10.1. The van der Waals surface area contributed by atoms with Crippen molar-refractivity contribution < 1.29 is 27.4 Å². The van der Waals surface area contributed by atoms with Gasteiger partial charge in [0.2, 0.25) is 0 Å². The number of nitrogens with one attached hydrogen (secondary N) is 2. The summed E-state index contributed by atoms with van der Waals surface area (Å²) in [6, 6.07) is 6.45. The van der Waals surface area contributed by atoms with Gasteiger partial charge < -0.3 is 24.8 Å². The quantitative estimate of drug-likeness (QED) is 0.348. The zero-order chi connectivity index (χ0) is 21.0. The van der Waals surface area contributed by atoms with Crippen LogP contribution >= 0.6 is 0 Å². The van der Waals surface area contributed by atoms with Crippen molar-refractivity contribution in [1.29, 1.82) is 0 Å². The van der Waals surface area contributed by atoms with E-state index in [4.69, 9.17) is 14.2 Å². The third-order valence-corrected chi connectivity index (χ3v) is 4.23. The molecular formula is C20H30F3N3O3. The molecule has 0 spiro atoms. The molecule has 1 aromatic carbocycles. The van der Waals surface area contributed by atoms with Gasteiger partial charge in [0.25, 0.3) is 0 Å². The van der Waals surface area contributed by atoms with E-state index < -0.39 is 12.8 Å². The number of nitrogens with zero attached hydrogens (tertiary/aromatic N) is 1. The second kappa shape index (κ2) is 12.5. The van der Waals surface area contributed by atoms with Gasteiger partial charge in [0.1, 0.15) is 5.75 Å². The smallest absolute Gasteiger partial charge is 0.422 e.